The molecule has 0 aromatic carbocycles. The number of aromatic nitrogens is 3. The van der Waals surface area contributed by atoms with Crippen molar-refractivity contribution < 1.29 is 9.21 Å². The highest BCUT2D eigenvalue weighted by atomic mass is 32.2. The van der Waals surface area contributed by atoms with Crippen LogP contribution in [0.3, 0.4) is 0 Å². The van der Waals surface area contributed by atoms with Crippen LogP contribution in [0.5, 0.6) is 0 Å². The number of hydrogen-bond donors (Lipinski definition) is 1. The summed E-state index contributed by atoms with van der Waals surface area (Å²) in [7, 11) is 1.87. The van der Waals surface area contributed by atoms with Crippen molar-refractivity contribution in [1.82, 2.24) is 14.8 Å². The normalized spacial score (nSPS) is 14.6. The number of thioether (sulfide) groups is 1. The first kappa shape index (κ1) is 20.7. The number of amides is 1. The van der Waals surface area contributed by atoms with Crippen molar-refractivity contribution in [3.8, 4) is 17.5 Å². The number of nitrogens with zero attached hydrogens (tertiary/aromatic N) is 4. The lowest BCUT2D eigenvalue weighted by Crippen LogP contribution is -2.22. The second-order valence-corrected chi connectivity index (χ2v) is 9.80. The summed E-state index contributed by atoms with van der Waals surface area (Å²) in [5, 5.41) is 22.1. The molecule has 0 saturated heterocycles. The number of carbonyl (C=O) groups is 1. The summed E-state index contributed by atoms with van der Waals surface area (Å²) in [5.41, 5.74) is 2.65. The Morgan fingerprint density at radius 3 is 2.90 bits per heavy atom. The predicted octanol–water partition coefficient (Wildman–Crippen LogP) is 4.70. The molecular weight excluding hydrogens is 418 g/mol. The zero-order valence-electron chi connectivity index (χ0n) is 17.2. The van der Waals surface area contributed by atoms with Crippen molar-refractivity contribution in [3.05, 3.63) is 34.1 Å². The van der Waals surface area contributed by atoms with Gasteiger partial charge in [-0.05, 0) is 51.2 Å². The molecule has 156 valence electrons. The van der Waals surface area contributed by atoms with E-state index in [1.54, 1.807) is 17.6 Å². The van der Waals surface area contributed by atoms with Crippen molar-refractivity contribution >= 4 is 34.0 Å². The minimum atomic E-state index is -0.389. The number of aryl methyl sites for hydroxylation is 2. The van der Waals surface area contributed by atoms with Crippen LogP contribution in [-0.2, 0) is 24.7 Å². The van der Waals surface area contributed by atoms with Crippen LogP contribution in [0, 0.1) is 18.3 Å². The SMILES string of the molecule is Cc1occc1-c1nnc(SC(C)C(=O)Nc2sc3c(c2C#N)CCCCC3)n1C. The molecule has 0 saturated carbocycles. The predicted molar refractivity (Wildman–Crippen MR) is 118 cm³/mol. The standard InChI is InChI=1S/C21H23N5O2S2/c1-12-14(9-10-28-12)18-24-25-21(26(18)3)29-13(2)19(27)23-20-16(11-22)15-7-5-4-6-8-17(15)30-20/h9-10,13H,4-8H2,1-3H3,(H,23,27). The van der Waals surface area contributed by atoms with Gasteiger partial charge in [0.25, 0.3) is 0 Å². The summed E-state index contributed by atoms with van der Waals surface area (Å²) < 4.78 is 7.22. The van der Waals surface area contributed by atoms with Gasteiger partial charge in [-0.1, -0.05) is 18.2 Å². The maximum absolute atomic E-state index is 12.9. The van der Waals surface area contributed by atoms with Crippen LogP contribution in [0.4, 0.5) is 5.00 Å². The minimum Gasteiger partial charge on any atom is -0.469 e. The Balaban J connectivity index is 1.49. The molecule has 1 amide bonds. The number of furan rings is 1. The summed E-state index contributed by atoms with van der Waals surface area (Å²) in [5.74, 6) is 1.33. The van der Waals surface area contributed by atoms with E-state index in [9.17, 15) is 10.1 Å². The van der Waals surface area contributed by atoms with Gasteiger partial charge in [-0.2, -0.15) is 5.26 Å². The van der Waals surface area contributed by atoms with E-state index in [1.165, 1.54) is 23.1 Å². The Labute approximate surface area is 183 Å². The van der Waals surface area contributed by atoms with Gasteiger partial charge in [0.05, 0.1) is 22.6 Å². The van der Waals surface area contributed by atoms with Gasteiger partial charge < -0.3 is 14.3 Å². The van der Waals surface area contributed by atoms with Crippen LogP contribution in [0.2, 0.25) is 0 Å². The Morgan fingerprint density at radius 2 is 2.17 bits per heavy atom. The van der Waals surface area contributed by atoms with E-state index in [4.69, 9.17) is 4.42 Å². The molecule has 3 aromatic rings. The second kappa shape index (κ2) is 8.66. The molecule has 9 heteroatoms. The highest BCUT2D eigenvalue weighted by Crippen LogP contribution is 2.37. The van der Waals surface area contributed by atoms with Crippen molar-refractivity contribution in [3.63, 3.8) is 0 Å². The first-order valence-corrected chi connectivity index (χ1v) is 11.6. The van der Waals surface area contributed by atoms with E-state index in [0.717, 1.165) is 42.6 Å². The van der Waals surface area contributed by atoms with E-state index in [0.29, 0.717) is 21.5 Å². The summed E-state index contributed by atoms with van der Waals surface area (Å²) in [6, 6.07) is 4.17. The molecule has 1 atom stereocenters. The Bertz CT molecular complexity index is 1120. The highest BCUT2D eigenvalue weighted by molar-refractivity contribution is 8.00. The topological polar surface area (TPSA) is 96.7 Å². The molecule has 0 radical (unpaired) electrons. The van der Waals surface area contributed by atoms with E-state index in [2.05, 4.69) is 21.6 Å². The summed E-state index contributed by atoms with van der Waals surface area (Å²) in [6.45, 7) is 3.71. The number of fused-ring (bicyclic) bond motifs is 1. The van der Waals surface area contributed by atoms with Crippen LogP contribution < -0.4 is 5.32 Å². The lowest BCUT2D eigenvalue weighted by Gasteiger charge is -2.11. The van der Waals surface area contributed by atoms with Crippen LogP contribution in [-0.4, -0.2) is 25.9 Å². The molecule has 4 rings (SSSR count). The molecule has 1 aliphatic carbocycles. The zero-order valence-corrected chi connectivity index (χ0v) is 18.8. The fraction of sp³-hybridized carbons (Fsp3) is 0.429. The molecule has 7 nitrogen and oxygen atoms in total. The quantitative estimate of drug-likeness (QED) is 0.455. The smallest absolute Gasteiger partial charge is 0.238 e. The Morgan fingerprint density at radius 1 is 1.37 bits per heavy atom. The summed E-state index contributed by atoms with van der Waals surface area (Å²) in [4.78, 5) is 14.1. The van der Waals surface area contributed by atoms with Crippen molar-refractivity contribution in [2.24, 2.45) is 7.05 Å². The molecule has 0 spiro atoms. The maximum atomic E-state index is 12.9. The van der Waals surface area contributed by atoms with Crippen LogP contribution in [0.25, 0.3) is 11.4 Å². The Kier molecular flexibility index (Phi) is 5.97. The summed E-state index contributed by atoms with van der Waals surface area (Å²) in [6.07, 6.45) is 6.97. The number of nitriles is 1. The molecule has 1 aliphatic rings. The van der Waals surface area contributed by atoms with Crippen LogP contribution >= 0.6 is 23.1 Å². The zero-order chi connectivity index (χ0) is 21.3. The summed E-state index contributed by atoms with van der Waals surface area (Å²) >= 11 is 2.89. The maximum Gasteiger partial charge on any atom is 0.238 e. The largest absolute Gasteiger partial charge is 0.469 e. The third-order valence-corrected chi connectivity index (χ3v) is 7.70. The molecule has 3 aromatic heterocycles. The van der Waals surface area contributed by atoms with E-state index in [1.807, 2.05) is 31.5 Å². The molecule has 30 heavy (non-hydrogen) atoms. The van der Waals surface area contributed by atoms with Gasteiger partial charge in [0.1, 0.15) is 16.8 Å². The van der Waals surface area contributed by atoms with E-state index < -0.39 is 0 Å². The number of anilines is 1. The number of nitrogens with one attached hydrogen (secondary N) is 1. The molecule has 0 bridgehead atoms. The minimum absolute atomic E-state index is 0.142. The second-order valence-electron chi connectivity index (χ2n) is 7.39. The van der Waals surface area contributed by atoms with Gasteiger partial charge >= 0.3 is 0 Å². The molecule has 0 fully saturated rings. The highest BCUT2D eigenvalue weighted by Gasteiger charge is 2.24. The third kappa shape index (κ3) is 3.89. The van der Waals surface area contributed by atoms with Gasteiger partial charge in [0, 0.05) is 11.9 Å². The fourth-order valence-electron chi connectivity index (χ4n) is 3.64. The van der Waals surface area contributed by atoms with Gasteiger partial charge in [-0.15, -0.1) is 21.5 Å². The fourth-order valence-corrected chi connectivity index (χ4v) is 5.70. The lowest BCUT2D eigenvalue weighted by molar-refractivity contribution is -0.115. The van der Waals surface area contributed by atoms with Gasteiger partial charge in [-0.3, -0.25) is 4.79 Å². The van der Waals surface area contributed by atoms with Gasteiger partial charge in [0.15, 0.2) is 11.0 Å². The average Bonchev–Trinajstić information content (AvgIpc) is 3.34. The number of hydrogen-bond acceptors (Lipinski definition) is 7. The van der Waals surface area contributed by atoms with Gasteiger partial charge in [-0.25, -0.2) is 0 Å². The first-order chi connectivity index (χ1) is 14.5. The Hall–Kier alpha value is -2.57. The number of rotatable bonds is 5. The van der Waals surface area contributed by atoms with Crippen LogP contribution in [0.15, 0.2) is 21.9 Å². The molecule has 1 N–H and O–H groups in total. The average molecular weight is 442 g/mol. The molecular formula is C21H23N5O2S2. The first-order valence-electron chi connectivity index (χ1n) is 9.95. The van der Waals surface area contributed by atoms with Gasteiger partial charge in [0.2, 0.25) is 5.91 Å². The lowest BCUT2D eigenvalue weighted by atomic mass is 10.1. The van der Waals surface area contributed by atoms with E-state index >= 15 is 0 Å². The molecule has 0 aliphatic heterocycles. The third-order valence-electron chi connectivity index (χ3n) is 5.36. The monoisotopic (exact) mass is 441 g/mol. The van der Waals surface area contributed by atoms with Crippen molar-refractivity contribution in [2.45, 2.75) is 56.4 Å². The van der Waals surface area contributed by atoms with Crippen molar-refractivity contribution in [1.29, 1.82) is 5.26 Å². The van der Waals surface area contributed by atoms with E-state index in [-0.39, 0.29) is 11.2 Å². The number of thiophene rings is 1. The number of carbonyl (C=O) groups excluding carboxylic acids is 1. The molecule has 3 heterocycles. The van der Waals surface area contributed by atoms with Crippen molar-refractivity contribution in [2.75, 3.05) is 5.32 Å². The molecule has 1 unspecified atom stereocenters. The van der Waals surface area contributed by atoms with Crippen LogP contribution in [0.1, 0.15) is 48.0 Å².